The molecule has 0 aliphatic carbocycles. The Morgan fingerprint density at radius 1 is 1.32 bits per heavy atom. The number of hydrogen-bond acceptors (Lipinski definition) is 3. The molecule has 2 heterocycles. The van der Waals surface area contributed by atoms with Crippen molar-refractivity contribution in [2.45, 2.75) is 59.5 Å². The maximum Gasteiger partial charge on any atom is 0.248 e. The summed E-state index contributed by atoms with van der Waals surface area (Å²) in [4.78, 5) is 16.7. The number of aromatic nitrogens is 4. The van der Waals surface area contributed by atoms with Crippen molar-refractivity contribution in [3.05, 3.63) is 30.0 Å². The fraction of sp³-hybridized carbons (Fsp3) is 0.562. The molecule has 0 aromatic carbocycles. The Balaban J connectivity index is 2.20. The van der Waals surface area contributed by atoms with Gasteiger partial charge in [-0.05, 0) is 33.6 Å². The zero-order valence-corrected chi connectivity index (χ0v) is 14.0. The van der Waals surface area contributed by atoms with Crippen LogP contribution in [0.3, 0.4) is 0 Å². The molecule has 0 aliphatic heterocycles. The third-order valence-electron chi connectivity index (χ3n) is 4.06. The molecular formula is C16H25N5O. The van der Waals surface area contributed by atoms with Crippen LogP contribution in [0.1, 0.15) is 57.2 Å². The molecule has 6 heteroatoms. The van der Waals surface area contributed by atoms with Crippen LogP contribution in [0.25, 0.3) is 0 Å². The van der Waals surface area contributed by atoms with E-state index in [-0.39, 0.29) is 11.9 Å². The van der Waals surface area contributed by atoms with Crippen LogP contribution in [0, 0.1) is 13.8 Å². The monoisotopic (exact) mass is 303 g/mol. The summed E-state index contributed by atoms with van der Waals surface area (Å²) >= 11 is 0. The average Bonchev–Trinajstić information content (AvgIpc) is 3.06. The van der Waals surface area contributed by atoms with Crippen LogP contribution in [0.2, 0.25) is 0 Å². The van der Waals surface area contributed by atoms with E-state index in [2.05, 4.69) is 29.2 Å². The van der Waals surface area contributed by atoms with Crippen molar-refractivity contribution >= 4 is 11.7 Å². The highest BCUT2D eigenvalue weighted by molar-refractivity contribution is 5.92. The summed E-state index contributed by atoms with van der Waals surface area (Å²) in [5, 5.41) is 7.54. The fourth-order valence-corrected chi connectivity index (χ4v) is 2.68. The summed E-state index contributed by atoms with van der Waals surface area (Å²) in [7, 11) is 0. The first kappa shape index (κ1) is 16.3. The molecule has 120 valence electrons. The van der Waals surface area contributed by atoms with Gasteiger partial charge in [-0.2, -0.15) is 5.10 Å². The second-order valence-electron chi connectivity index (χ2n) is 5.63. The van der Waals surface area contributed by atoms with E-state index in [0.717, 1.165) is 30.2 Å². The Morgan fingerprint density at radius 2 is 2.00 bits per heavy atom. The summed E-state index contributed by atoms with van der Waals surface area (Å²) in [5.74, 6) is 1.53. The molecule has 0 aliphatic rings. The molecule has 6 nitrogen and oxygen atoms in total. The van der Waals surface area contributed by atoms with E-state index in [9.17, 15) is 4.79 Å². The van der Waals surface area contributed by atoms with Gasteiger partial charge in [0.2, 0.25) is 5.91 Å². The number of rotatable bonds is 6. The maximum absolute atomic E-state index is 12.5. The highest BCUT2D eigenvalue weighted by Gasteiger charge is 2.20. The van der Waals surface area contributed by atoms with Crippen LogP contribution in [0.15, 0.2) is 18.5 Å². The largest absolute Gasteiger partial charge is 0.323 e. The number of carbonyl (C=O) groups is 1. The topological polar surface area (TPSA) is 64.7 Å². The molecule has 1 amide bonds. The van der Waals surface area contributed by atoms with Crippen LogP contribution in [0.5, 0.6) is 0 Å². The van der Waals surface area contributed by atoms with Gasteiger partial charge in [-0.3, -0.25) is 4.79 Å². The van der Waals surface area contributed by atoms with Crippen molar-refractivity contribution in [3.63, 3.8) is 0 Å². The van der Waals surface area contributed by atoms with Crippen LogP contribution in [0.4, 0.5) is 5.82 Å². The predicted molar refractivity (Wildman–Crippen MR) is 86.9 cm³/mol. The molecule has 0 bridgehead atoms. The van der Waals surface area contributed by atoms with Crippen LogP contribution in [-0.2, 0) is 4.79 Å². The lowest BCUT2D eigenvalue weighted by molar-refractivity contribution is -0.118. The molecule has 0 saturated carbocycles. The van der Waals surface area contributed by atoms with Gasteiger partial charge in [0.15, 0.2) is 0 Å². The van der Waals surface area contributed by atoms with Crippen molar-refractivity contribution in [3.8, 4) is 0 Å². The smallest absolute Gasteiger partial charge is 0.248 e. The number of anilines is 1. The van der Waals surface area contributed by atoms with Gasteiger partial charge in [0.25, 0.3) is 0 Å². The van der Waals surface area contributed by atoms with Crippen molar-refractivity contribution in [1.29, 1.82) is 0 Å². The molecule has 0 saturated heterocycles. The van der Waals surface area contributed by atoms with E-state index in [4.69, 9.17) is 0 Å². The van der Waals surface area contributed by atoms with Crippen molar-refractivity contribution in [2.24, 2.45) is 0 Å². The van der Waals surface area contributed by atoms with Gasteiger partial charge in [0, 0.05) is 18.5 Å². The molecule has 0 spiro atoms. The molecule has 0 unspecified atom stereocenters. The van der Waals surface area contributed by atoms with E-state index in [1.165, 1.54) is 0 Å². The molecule has 0 radical (unpaired) electrons. The Labute approximate surface area is 131 Å². The number of nitrogens with one attached hydrogen (secondary N) is 1. The first-order valence-corrected chi connectivity index (χ1v) is 7.84. The summed E-state index contributed by atoms with van der Waals surface area (Å²) < 4.78 is 3.79. The lowest BCUT2D eigenvalue weighted by atomic mass is 10.2. The first-order chi connectivity index (χ1) is 10.5. The molecular weight excluding hydrogens is 278 g/mol. The van der Waals surface area contributed by atoms with Crippen molar-refractivity contribution in [1.82, 2.24) is 19.3 Å². The molecule has 1 atom stereocenters. The number of nitrogens with zero attached hydrogens (tertiary/aromatic N) is 4. The summed E-state index contributed by atoms with van der Waals surface area (Å²) in [6.45, 7) is 9.97. The molecule has 0 fully saturated rings. The zero-order chi connectivity index (χ0) is 16.3. The van der Waals surface area contributed by atoms with Crippen molar-refractivity contribution in [2.75, 3.05) is 5.32 Å². The van der Waals surface area contributed by atoms with Gasteiger partial charge in [0.05, 0.1) is 11.7 Å². The number of amides is 1. The third kappa shape index (κ3) is 3.21. The van der Waals surface area contributed by atoms with Gasteiger partial charge in [-0.15, -0.1) is 0 Å². The Kier molecular flexibility index (Phi) is 5.00. The Morgan fingerprint density at radius 3 is 2.55 bits per heavy atom. The number of imidazole rings is 1. The molecule has 2 aromatic rings. The van der Waals surface area contributed by atoms with E-state index in [1.54, 1.807) is 6.20 Å². The average molecular weight is 303 g/mol. The van der Waals surface area contributed by atoms with E-state index < -0.39 is 0 Å². The van der Waals surface area contributed by atoms with Crippen LogP contribution in [-0.4, -0.2) is 25.2 Å². The van der Waals surface area contributed by atoms with Crippen molar-refractivity contribution < 1.29 is 4.79 Å². The Bertz CT molecular complexity index is 639. The molecule has 1 N–H and O–H groups in total. The van der Waals surface area contributed by atoms with E-state index >= 15 is 0 Å². The normalized spacial score (nSPS) is 12.6. The highest BCUT2D eigenvalue weighted by atomic mass is 16.2. The summed E-state index contributed by atoms with van der Waals surface area (Å²) in [6.07, 6.45) is 5.49. The minimum atomic E-state index is -0.312. The lowest BCUT2D eigenvalue weighted by Gasteiger charge is -2.19. The number of aryl methyl sites for hydroxylation is 2. The summed E-state index contributed by atoms with van der Waals surface area (Å²) in [6, 6.07) is 1.91. The second kappa shape index (κ2) is 6.77. The number of carbonyl (C=O) groups excluding carboxylic acids is 1. The van der Waals surface area contributed by atoms with Gasteiger partial charge in [0.1, 0.15) is 17.7 Å². The minimum Gasteiger partial charge on any atom is -0.323 e. The van der Waals surface area contributed by atoms with E-state index in [1.807, 2.05) is 42.3 Å². The SMILES string of the molecule is CCC(CC)n1nc(C)cc1NC(=O)[C@@H](C)n1ccnc1C. The second-order valence-corrected chi connectivity index (χ2v) is 5.63. The molecule has 22 heavy (non-hydrogen) atoms. The molecule has 2 rings (SSSR count). The number of hydrogen-bond donors (Lipinski definition) is 1. The maximum atomic E-state index is 12.5. The lowest BCUT2D eigenvalue weighted by Crippen LogP contribution is -2.26. The van der Waals surface area contributed by atoms with Gasteiger partial charge < -0.3 is 9.88 Å². The zero-order valence-electron chi connectivity index (χ0n) is 14.0. The third-order valence-corrected chi connectivity index (χ3v) is 4.06. The van der Waals surface area contributed by atoms with Gasteiger partial charge in [-0.25, -0.2) is 9.67 Å². The molecule has 2 aromatic heterocycles. The highest BCUT2D eigenvalue weighted by Crippen LogP contribution is 2.23. The van der Waals surface area contributed by atoms with Gasteiger partial charge in [-0.1, -0.05) is 13.8 Å². The summed E-state index contributed by atoms with van der Waals surface area (Å²) in [5.41, 5.74) is 0.911. The van der Waals surface area contributed by atoms with Gasteiger partial charge >= 0.3 is 0 Å². The van der Waals surface area contributed by atoms with Crippen LogP contribution < -0.4 is 5.32 Å². The fourth-order valence-electron chi connectivity index (χ4n) is 2.68. The quantitative estimate of drug-likeness (QED) is 0.891. The van der Waals surface area contributed by atoms with Crippen LogP contribution >= 0.6 is 0 Å². The Hall–Kier alpha value is -2.11. The minimum absolute atomic E-state index is 0.0618. The predicted octanol–water partition coefficient (Wildman–Crippen LogP) is 3.26. The standard InChI is InChI=1S/C16H25N5O/c1-6-14(7-2)21-15(10-11(3)19-21)18-16(22)12(4)20-9-8-17-13(20)5/h8-10,12,14H,6-7H2,1-5H3,(H,18,22)/t12-/m1/s1. The first-order valence-electron chi connectivity index (χ1n) is 7.84. The van der Waals surface area contributed by atoms with E-state index in [0.29, 0.717) is 6.04 Å².